The quantitative estimate of drug-likeness (QED) is 0.745. The van der Waals surface area contributed by atoms with Crippen LogP contribution in [0.3, 0.4) is 0 Å². The summed E-state index contributed by atoms with van der Waals surface area (Å²) in [4.78, 5) is 0. The van der Waals surface area contributed by atoms with Gasteiger partial charge in [0.2, 0.25) is 0 Å². The summed E-state index contributed by atoms with van der Waals surface area (Å²) in [6.45, 7) is 17.2. The molecular formula is C12H31NO. The zero-order valence-corrected chi connectivity index (χ0v) is 11.7. The van der Waals surface area contributed by atoms with Crippen molar-refractivity contribution in [2.24, 2.45) is 0 Å². The third-order valence-corrected chi connectivity index (χ3v) is 1.15. The fraction of sp³-hybridized carbons (Fsp3) is 1.00. The van der Waals surface area contributed by atoms with E-state index in [9.17, 15) is 0 Å². The highest BCUT2D eigenvalue weighted by atomic mass is 16.5. The Bertz CT molecular complexity index is 84.8. The van der Waals surface area contributed by atoms with Gasteiger partial charge in [-0.15, -0.1) is 0 Å². The van der Waals surface area contributed by atoms with E-state index in [0.29, 0.717) is 6.04 Å². The number of ether oxygens (including phenoxy) is 1. The average Bonchev–Trinajstić information content (AvgIpc) is 2.07. The maximum Gasteiger partial charge on any atom is 0.0598 e. The molecule has 0 aliphatic carbocycles. The first-order chi connectivity index (χ1) is 6.33. The highest BCUT2D eigenvalue weighted by molar-refractivity contribution is 4.56. The molecule has 2 nitrogen and oxygen atoms in total. The van der Waals surface area contributed by atoms with E-state index in [1.807, 2.05) is 27.8 Å². The molecule has 0 amide bonds. The van der Waals surface area contributed by atoms with Crippen LogP contribution in [0.15, 0.2) is 0 Å². The molecule has 0 spiro atoms. The van der Waals surface area contributed by atoms with Gasteiger partial charge in [-0.25, -0.2) is 0 Å². The van der Waals surface area contributed by atoms with Gasteiger partial charge in [0.25, 0.3) is 0 Å². The van der Waals surface area contributed by atoms with Gasteiger partial charge in [-0.3, -0.25) is 0 Å². The minimum absolute atomic E-state index is 0.0503. The minimum atomic E-state index is 0.0503. The highest BCUT2D eigenvalue weighted by Gasteiger charge is 2.06. The summed E-state index contributed by atoms with van der Waals surface area (Å²) in [5, 5.41) is 3.03. The molecule has 0 atom stereocenters. The second-order valence-corrected chi connectivity index (χ2v) is 3.99. The van der Waals surface area contributed by atoms with E-state index in [0.717, 1.165) is 6.61 Å². The average molecular weight is 205 g/mol. The summed E-state index contributed by atoms with van der Waals surface area (Å²) in [6.07, 6.45) is 0. The smallest absolute Gasteiger partial charge is 0.0598 e. The first-order valence-electron chi connectivity index (χ1n) is 5.64. The fourth-order valence-electron chi connectivity index (χ4n) is 0.433. The maximum absolute atomic E-state index is 5.23. The largest absolute Gasteiger partial charge is 0.376 e. The van der Waals surface area contributed by atoms with Gasteiger partial charge in [-0.05, 0) is 34.7 Å². The lowest BCUT2D eigenvalue weighted by Crippen LogP contribution is -2.18. The van der Waals surface area contributed by atoms with Crippen molar-refractivity contribution in [3.05, 3.63) is 0 Å². The monoisotopic (exact) mass is 205 g/mol. The Labute approximate surface area is 91.4 Å². The first-order valence-corrected chi connectivity index (χ1v) is 5.64. The summed E-state index contributed by atoms with van der Waals surface area (Å²) >= 11 is 0. The van der Waals surface area contributed by atoms with Crippen molar-refractivity contribution in [3.8, 4) is 0 Å². The van der Waals surface area contributed by atoms with Crippen molar-refractivity contribution >= 4 is 0 Å². The molecule has 2 heteroatoms. The highest BCUT2D eigenvalue weighted by Crippen LogP contribution is 2.04. The summed E-state index contributed by atoms with van der Waals surface area (Å²) in [7, 11) is 1.95. The van der Waals surface area contributed by atoms with E-state index in [2.05, 4.69) is 39.9 Å². The molecule has 0 unspecified atom stereocenters. The number of hydrogen-bond acceptors (Lipinski definition) is 2. The molecule has 0 aliphatic heterocycles. The van der Waals surface area contributed by atoms with Crippen LogP contribution in [0, 0.1) is 0 Å². The Morgan fingerprint density at radius 1 is 1.14 bits per heavy atom. The van der Waals surface area contributed by atoms with Crippen molar-refractivity contribution in [2.45, 2.75) is 67.0 Å². The topological polar surface area (TPSA) is 21.3 Å². The Balaban J connectivity index is -0.000000152. The Hall–Kier alpha value is -0.0800. The van der Waals surface area contributed by atoms with Crippen LogP contribution >= 0.6 is 0 Å². The Morgan fingerprint density at radius 3 is 1.43 bits per heavy atom. The van der Waals surface area contributed by atoms with Crippen LogP contribution in [0.5, 0.6) is 0 Å². The molecule has 0 fully saturated rings. The molecule has 0 aromatic rings. The van der Waals surface area contributed by atoms with E-state index < -0.39 is 0 Å². The van der Waals surface area contributed by atoms with Crippen LogP contribution in [0.2, 0.25) is 0 Å². The van der Waals surface area contributed by atoms with Crippen LogP contribution < -0.4 is 5.32 Å². The van der Waals surface area contributed by atoms with Crippen LogP contribution in [-0.4, -0.2) is 25.3 Å². The SMILES string of the molecule is CC.CCOC(C)(C)C.CNC(C)C. The van der Waals surface area contributed by atoms with E-state index in [4.69, 9.17) is 4.74 Å². The van der Waals surface area contributed by atoms with Crippen molar-refractivity contribution in [2.75, 3.05) is 13.7 Å². The number of hydrogen-bond donors (Lipinski definition) is 1. The predicted molar refractivity (Wildman–Crippen MR) is 66.9 cm³/mol. The first kappa shape index (κ1) is 19.5. The van der Waals surface area contributed by atoms with Gasteiger partial charge in [0.15, 0.2) is 0 Å². The molecule has 0 aromatic heterocycles. The summed E-state index contributed by atoms with van der Waals surface area (Å²) in [6, 6.07) is 0.634. The zero-order valence-electron chi connectivity index (χ0n) is 11.7. The van der Waals surface area contributed by atoms with Gasteiger partial charge in [0, 0.05) is 12.6 Å². The minimum Gasteiger partial charge on any atom is -0.376 e. The second-order valence-electron chi connectivity index (χ2n) is 3.99. The normalized spacial score (nSPS) is 9.86. The molecule has 0 rings (SSSR count). The van der Waals surface area contributed by atoms with Crippen molar-refractivity contribution in [1.82, 2.24) is 5.32 Å². The van der Waals surface area contributed by atoms with Crippen molar-refractivity contribution in [3.63, 3.8) is 0 Å². The Kier molecular flexibility index (Phi) is 18.0. The van der Waals surface area contributed by atoms with E-state index in [1.165, 1.54) is 0 Å². The number of nitrogens with one attached hydrogen (secondary N) is 1. The lowest BCUT2D eigenvalue weighted by atomic mass is 10.2. The molecule has 0 bridgehead atoms. The molecule has 0 heterocycles. The van der Waals surface area contributed by atoms with E-state index >= 15 is 0 Å². The van der Waals surface area contributed by atoms with Gasteiger partial charge >= 0.3 is 0 Å². The summed E-state index contributed by atoms with van der Waals surface area (Å²) in [5.74, 6) is 0. The van der Waals surface area contributed by atoms with Crippen LogP contribution in [0.1, 0.15) is 55.4 Å². The standard InChI is InChI=1S/C6H14O.C4H11N.C2H6/c1-5-7-6(2,3)4;1-4(2)5-3;1-2/h5H2,1-4H3;4-5H,1-3H3;1-2H3. The molecule has 0 saturated carbocycles. The summed E-state index contributed by atoms with van der Waals surface area (Å²) < 4.78 is 5.23. The van der Waals surface area contributed by atoms with Crippen molar-refractivity contribution in [1.29, 1.82) is 0 Å². The van der Waals surface area contributed by atoms with Gasteiger partial charge < -0.3 is 10.1 Å². The van der Waals surface area contributed by atoms with E-state index in [-0.39, 0.29) is 5.60 Å². The third kappa shape index (κ3) is 40.6. The predicted octanol–water partition coefficient (Wildman–Crippen LogP) is 3.46. The molecule has 1 N–H and O–H groups in total. The maximum atomic E-state index is 5.23. The molecular weight excluding hydrogens is 174 g/mol. The second kappa shape index (κ2) is 12.9. The van der Waals surface area contributed by atoms with Crippen LogP contribution in [0.4, 0.5) is 0 Å². The molecule has 0 aromatic carbocycles. The van der Waals surface area contributed by atoms with Gasteiger partial charge in [0.1, 0.15) is 0 Å². The molecule has 0 aliphatic rings. The molecule has 90 valence electrons. The Morgan fingerprint density at radius 2 is 1.43 bits per heavy atom. The fourth-order valence-corrected chi connectivity index (χ4v) is 0.433. The molecule has 0 saturated heterocycles. The van der Waals surface area contributed by atoms with Gasteiger partial charge in [-0.2, -0.15) is 0 Å². The molecule has 0 radical (unpaired) electrons. The third-order valence-electron chi connectivity index (χ3n) is 1.15. The van der Waals surface area contributed by atoms with Crippen molar-refractivity contribution < 1.29 is 4.74 Å². The summed E-state index contributed by atoms with van der Waals surface area (Å²) in [5.41, 5.74) is 0.0503. The molecule has 14 heavy (non-hydrogen) atoms. The lowest BCUT2D eigenvalue weighted by molar-refractivity contribution is 0.00532. The van der Waals surface area contributed by atoms with Crippen LogP contribution in [0.25, 0.3) is 0 Å². The van der Waals surface area contributed by atoms with E-state index in [1.54, 1.807) is 0 Å². The van der Waals surface area contributed by atoms with Crippen LogP contribution in [-0.2, 0) is 4.74 Å². The van der Waals surface area contributed by atoms with Gasteiger partial charge in [-0.1, -0.05) is 27.7 Å². The lowest BCUT2D eigenvalue weighted by Gasteiger charge is -2.17. The number of rotatable bonds is 2. The van der Waals surface area contributed by atoms with Gasteiger partial charge in [0.05, 0.1) is 5.60 Å². The zero-order chi connectivity index (χ0) is 12.2.